The van der Waals surface area contributed by atoms with Crippen LogP contribution in [0.5, 0.6) is 0 Å². The summed E-state index contributed by atoms with van der Waals surface area (Å²) in [6.07, 6.45) is -1.22. The molecule has 0 aliphatic carbocycles. The molecule has 2 atom stereocenters. The average Bonchev–Trinajstić information content (AvgIpc) is 2.88. The highest BCUT2D eigenvalue weighted by Crippen LogP contribution is 2.22. The fourth-order valence-corrected chi connectivity index (χ4v) is 3.44. The SMILES string of the molecule is C[C@@H](O)[C@H](NC(=O)c1ccc(-c2ccc(NC(=O)CNCc3ccc(F)cc3F)cc2)cc1)C(=O)NO. The molecule has 11 heteroatoms. The Hall–Kier alpha value is -4.19. The van der Waals surface area contributed by atoms with Crippen LogP contribution in [0.25, 0.3) is 11.1 Å². The van der Waals surface area contributed by atoms with E-state index >= 15 is 0 Å². The summed E-state index contributed by atoms with van der Waals surface area (Å²) in [5.74, 6) is -3.23. The summed E-state index contributed by atoms with van der Waals surface area (Å²) in [5.41, 5.74) is 4.05. The van der Waals surface area contributed by atoms with Gasteiger partial charge in [-0.3, -0.25) is 19.6 Å². The van der Waals surface area contributed by atoms with E-state index in [0.717, 1.165) is 23.3 Å². The number of anilines is 1. The molecule has 0 unspecified atom stereocenters. The van der Waals surface area contributed by atoms with Crippen LogP contribution in [-0.2, 0) is 16.1 Å². The maximum atomic E-state index is 13.7. The van der Waals surface area contributed by atoms with E-state index in [4.69, 9.17) is 5.21 Å². The first-order valence-corrected chi connectivity index (χ1v) is 11.3. The molecule has 194 valence electrons. The predicted octanol–water partition coefficient (Wildman–Crippen LogP) is 2.34. The Morgan fingerprint density at radius 2 is 1.54 bits per heavy atom. The van der Waals surface area contributed by atoms with Gasteiger partial charge in [0.15, 0.2) is 0 Å². The van der Waals surface area contributed by atoms with Crippen molar-refractivity contribution in [3.05, 3.63) is 89.5 Å². The normalized spacial score (nSPS) is 12.4. The Balaban J connectivity index is 1.53. The summed E-state index contributed by atoms with van der Waals surface area (Å²) < 4.78 is 26.6. The van der Waals surface area contributed by atoms with Crippen LogP contribution in [0.15, 0.2) is 66.7 Å². The Bertz CT molecular complexity index is 1250. The number of aliphatic hydroxyl groups excluding tert-OH is 1. The summed E-state index contributed by atoms with van der Waals surface area (Å²) >= 11 is 0. The number of carbonyl (C=O) groups is 3. The Labute approximate surface area is 211 Å². The second-order valence-electron chi connectivity index (χ2n) is 8.21. The molecule has 6 N–H and O–H groups in total. The van der Waals surface area contributed by atoms with Gasteiger partial charge in [-0.1, -0.05) is 30.3 Å². The molecule has 0 spiro atoms. The van der Waals surface area contributed by atoms with Gasteiger partial charge >= 0.3 is 0 Å². The minimum Gasteiger partial charge on any atom is -0.391 e. The van der Waals surface area contributed by atoms with E-state index in [1.165, 1.54) is 18.5 Å². The van der Waals surface area contributed by atoms with Gasteiger partial charge in [0, 0.05) is 29.4 Å². The molecule has 37 heavy (non-hydrogen) atoms. The molecule has 0 fully saturated rings. The highest BCUT2D eigenvalue weighted by molar-refractivity contribution is 5.98. The third kappa shape index (κ3) is 7.64. The summed E-state index contributed by atoms with van der Waals surface area (Å²) in [6.45, 7) is 1.31. The van der Waals surface area contributed by atoms with Crippen molar-refractivity contribution < 1.29 is 33.5 Å². The second-order valence-corrected chi connectivity index (χ2v) is 8.21. The van der Waals surface area contributed by atoms with E-state index in [1.807, 2.05) is 0 Å². The minimum atomic E-state index is -1.32. The molecular formula is C26H26F2N4O5. The van der Waals surface area contributed by atoms with Crippen molar-refractivity contribution in [3.8, 4) is 11.1 Å². The van der Waals surface area contributed by atoms with Crippen LogP contribution in [0.3, 0.4) is 0 Å². The van der Waals surface area contributed by atoms with Gasteiger partial charge in [0.25, 0.3) is 11.8 Å². The number of carbonyl (C=O) groups excluding carboxylic acids is 3. The zero-order chi connectivity index (χ0) is 26.9. The van der Waals surface area contributed by atoms with Gasteiger partial charge in [-0.2, -0.15) is 0 Å². The van der Waals surface area contributed by atoms with Gasteiger partial charge in [0.05, 0.1) is 12.6 Å². The fraction of sp³-hybridized carbons (Fsp3) is 0.192. The minimum absolute atomic E-state index is 0.0702. The Morgan fingerprint density at radius 3 is 2.11 bits per heavy atom. The number of amides is 3. The van der Waals surface area contributed by atoms with Crippen LogP contribution in [-0.4, -0.2) is 46.7 Å². The van der Waals surface area contributed by atoms with Crippen LogP contribution >= 0.6 is 0 Å². The molecular weight excluding hydrogens is 486 g/mol. The van der Waals surface area contributed by atoms with Crippen molar-refractivity contribution in [3.63, 3.8) is 0 Å². The molecule has 0 radical (unpaired) electrons. The lowest BCUT2D eigenvalue weighted by molar-refractivity contribution is -0.133. The van der Waals surface area contributed by atoms with Crippen LogP contribution < -0.4 is 21.4 Å². The van der Waals surface area contributed by atoms with Crippen molar-refractivity contribution in [1.29, 1.82) is 0 Å². The molecule has 3 aromatic rings. The number of rotatable bonds is 10. The number of hydrogen-bond donors (Lipinski definition) is 6. The smallest absolute Gasteiger partial charge is 0.268 e. The van der Waals surface area contributed by atoms with Gasteiger partial charge in [-0.15, -0.1) is 0 Å². The van der Waals surface area contributed by atoms with Crippen LogP contribution in [0.4, 0.5) is 14.5 Å². The van der Waals surface area contributed by atoms with Crippen molar-refractivity contribution in [2.45, 2.75) is 25.6 Å². The standard InChI is InChI=1S/C26H26F2N4O5/c1-15(33)24(26(36)32-37)31-25(35)18-4-2-16(3-5-18)17-7-10-21(11-8-17)30-23(34)14-29-13-19-6-9-20(27)12-22(19)28/h2-12,15,24,29,33,37H,13-14H2,1H3,(H,30,34)(H,31,35)(H,32,36)/t15-,24+/m1/s1. The Morgan fingerprint density at radius 1 is 0.919 bits per heavy atom. The van der Waals surface area contributed by atoms with Gasteiger partial charge in [-0.05, 0) is 48.4 Å². The summed E-state index contributed by atoms with van der Waals surface area (Å²) in [7, 11) is 0. The molecule has 0 aromatic heterocycles. The third-order valence-corrected chi connectivity index (χ3v) is 5.43. The molecule has 3 aromatic carbocycles. The van der Waals surface area contributed by atoms with Crippen molar-refractivity contribution in [1.82, 2.24) is 16.1 Å². The fourth-order valence-electron chi connectivity index (χ4n) is 3.44. The lowest BCUT2D eigenvalue weighted by Crippen LogP contribution is -2.51. The lowest BCUT2D eigenvalue weighted by atomic mass is 10.0. The average molecular weight is 513 g/mol. The van der Waals surface area contributed by atoms with Crippen LogP contribution in [0.2, 0.25) is 0 Å². The van der Waals surface area contributed by atoms with Gasteiger partial charge in [0.1, 0.15) is 17.7 Å². The van der Waals surface area contributed by atoms with E-state index in [1.54, 1.807) is 48.5 Å². The van der Waals surface area contributed by atoms with E-state index in [9.17, 15) is 28.3 Å². The summed E-state index contributed by atoms with van der Waals surface area (Å²) in [5, 5.41) is 26.3. The first-order valence-electron chi connectivity index (χ1n) is 11.3. The van der Waals surface area contributed by atoms with Crippen LogP contribution in [0, 0.1) is 11.6 Å². The van der Waals surface area contributed by atoms with E-state index in [0.29, 0.717) is 5.69 Å². The molecule has 0 bridgehead atoms. The van der Waals surface area contributed by atoms with E-state index < -0.39 is 35.6 Å². The molecule has 0 saturated carbocycles. The number of hydroxylamine groups is 1. The van der Waals surface area contributed by atoms with Crippen LogP contribution in [0.1, 0.15) is 22.8 Å². The Kier molecular flexibility index (Phi) is 9.39. The number of halogens is 2. The molecule has 0 saturated heterocycles. The quantitative estimate of drug-likeness (QED) is 0.182. The monoisotopic (exact) mass is 512 g/mol. The zero-order valence-corrected chi connectivity index (χ0v) is 19.8. The molecule has 0 aliphatic heterocycles. The molecule has 0 aliphatic rings. The van der Waals surface area contributed by atoms with Crippen molar-refractivity contribution in [2.75, 3.05) is 11.9 Å². The third-order valence-electron chi connectivity index (χ3n) is 5.43. The molecule has 9 nitrogen and oxygen atoms in total. The van der Waals surface area contributed by atoms with Crippen molar-refractivity contribution >= 4 is 23.4 Å². The first kappa shape index (κ1) is 27.4. The lowest BCUT2D eigenvalue weighted by Gasteiger charge is -2.19. The maximum absolute atomic E-state index is 13.7. The maximum Gasteiger partial charge on any atom is 0.268 e. The number of benzene rings is 3. The molecule has 3 rings (SSSR count). The topological polar surface area (TPSA) is 140 Å². The largest absolute Gasteiger partial charge is 0.391 e. The number of nitrogens with one attached hydrogen (secondary N) is 4. The van der Waals surface area contributed by atoms with Crippen molar-refractivity contribution in [2.24, 2.45) is 0 Å². The van der Waals surface area contributed by atoms with Gasteiger partial charge < -0.3 is 21.1 Å². The zero-order valence-electron chi connectivity index (χ0n) is 19.8. The predicted molar refractivity (Wildman–Crippen MR) is 131 cm³/mol. The summed E-state index contributed by atoms with van der Waals surface area (Å²) in [4.78, 5) is 36.2. The number of aliphatic hydroxyl groups is 1. The van der Waals surface area contributed by atoms with E-state index in [2.05, 4.69) is 16.0 Å². The molecule has 0 heterocycles. The van der Waals surface area contributed by atoms with E-state index in [-0.39, 0.29) is 30.1 Å². The number of hydrogen-bond acceptors (Lipinski definition) is 6. The van der Waals surface area contributed by atoms with Gasteiger partial charge in [0.2, 0.25) is 5.91 Å². The first-order chi connectivity index (χ1) is 17.7. The highest BCUT2D eigenvalue weighted by Gasteiger charge is 2.25. The second kappa shape index (κ2) is 12.7. The highest BCUT2D eigenvalue weighted by atomic mass is 19.1. The summed E-state index contributed by atoms with van der Waals surface area (Å²) in [6, 6.07) is 15.4. The van der Waals surface area contributed by atoms with Gasteiger partial charge in [-0.25, -0.2) is 14.3 Å². The molecule has 3 amide bonds.